The van der Waals surface area contributed by atoms with Crippen LogP contribution in [0.5, 0.6) is 0 Å². The van der Waals surface area contributed by atoms with Crippen LogP contribution in [0.1, 0.15) is 18.4 Å². The standard InChI is InChI=1S/C12H17ClN2/c1-15(11-3-4-11)12-5-2-10(13)8-9(12)6-7-14/h2,5,8,11H,3-4,6-7,14H2,1H3. The normalized spacial score (nSPS) is 15.4. The Morgan fingerprint density at radius 2 is 2.20 bits per heavy atom. The molecule has 82 valence electrons. The van der Waals surface area contributed by atoms with Gasteiger partial charge in [-0.25, -0.2) is 0 Å². The summed E-state index contributed by atoms with van der Waals surface area (Å²) in [5, 5.41) is 0.798. The average Bonchev–Trinajstić information content (AvgIpc) is 3.01. The van der Waals surface area contributed by atoms with Gasteiger partial charge in [0.15, 0.2) is 0 Å². The molecule has 1 saturated carbocycles. The summed E-state index contributed by atoms with van der Waals surface area (Å²) >= 11 is 5.99. The lowest BCUT2D eigenvalue weighted by atomic mass is 10.1. The summed E-state index contributed by atoms with van der Waals surface area (Å²) in [6.45, 7) is 0.672. The van der Waals surface area contributed by atoms with Crippen molar-refractivity contribution in [1.29, 1.82) is 0 Å². The number of anilines is 1. The number of benzene rings is 1. The van der Waals surface area contributed by atoms with Crippen molar-refractivity contribution in [2.45, 2.75) is 25.3 Å². The minimum Gasteiger partial charge on any atom is -0.371 e. The molecule has 15 heavy (non-hydrogen) atoms. The smallest absolute Gasteiger partial charge is 0.0410 e. The van der Waals surface area contributed by atoms with Gasteiger partial charge in [-0.15, -0.1) is 0 Å². The van der Waals surface area contributed by atoms with E-state index >= 15 is 0 Å². The van der Waals surface area contributed by atoms with Crippen LogP contribution in [0.3, 0.4) is 0 Å². The van der Waals surface area contributed by atoms with Crippen LogP contribution < -0.4 is 10.6 Å². The molecule has 2 N–H and O–H groups in total. The summed E-state index contributed by atoms with van der Waals surface area (Å²) in [7, 11) is 2.15. The number of hydrogen-bond acceptors (Lipinski definition) is 2. The van der Waals surface area contributed by atoms with E-state index in [4.69, 9.17) is 17.3 Å². The number of nitrogens with zero attached hydrogens (tertiary/aromatic N) is 1. The van der Waals surface area contributed by atoms with Crippen molar-refractivity contribution in [3.63, 3.8) is 0 Å². The van der Waals surface area contributed by atoms with E-state index in [1.807, 2.05) is 12.1 Å². The third kappa shape index (κ3) is 2.44. The summed E-state index contributed by atoms with van der Waals surface area (Å²) in [5.74, 6) is 0. The van der Waals surface area contributed by atoms with E-state index < -0.39 is 0 Å². The zero-order valence-electron chi connectivity index (χ0n) is 9.04. The molecule has 0 saturated heterocycles. The van der Waals surface area contributed by atoms with E-state index in [9.17, 15) is 0 Å². The maximum atomic E-state index is 5.99. The summed E-state index contributed by atoms with van der Waals surface area (Å²) in [4.78, 5) is 2.35. The molecule has 0 aliphatic heterocycles. The molecule has 1 fully saturated rings. The molecule has 0 heterocycles. The first kappa shape index (κ1) is 10.8. The lowest BCUT2D eigenvalue weighted by Gasteiger charge is -2.22. The van der Waals surface area contributed by atoms with Crippen LogP contribution in [-0.4, -0.2) is 19.6 Å². The molecular formula is C12H17ClN2. The maximum Gasteiger partial charge on any atom is 0.0410 e. The molecule has 1 aliphatic carbocycles. The minimum atomic E-state index is 0.672. The minimum absolute atomic E-state index is 0.672. The Kier molecular flexibility index (Phi) is 3.17. The van der Waals surface area contributed by atoms with Crippen LogP contribution in [-0.2, 0) is 6.42 Å². The predicted molar refractivity (Wildman–Crippen MR) is 65.6 cm³/mol. The molecular weight excluding hydrogens is 208 g/mol. The molecule has 2 nitrogen and oxygen atoms in total. The highest BCUT2D eigenvalue weighted by Gasteiger charge is 2.27. The van der Waals surface area contributed by atoms with Crippen molar-refractivity contribution in [3.8, 4) is 0 Å². The van der Waals surface area contributed by atoms with Crippen LogP contribution in [0.4, 0.5) is 5.69 Å². The number of halogens is 1. The van der Waals surface area contributed by atoms with Gasteiger partial charge in [-0.3, -0.25) is 0 Å². The molecule has 0 spiro atoms. The largest absolute Gasteiger partial charge is 0.371 e. The van der Waals surface area contributed by atoms with Crippen molar-refractivity contribution >= 4 is 17.3 Å². The van der Waals surface area contributed by atoms with Gasteiger partial charge in [0.1, 0.15) is 0 Å². The summed E-state index contributed by atoms with van der Waals surface area (Å²) in [6.07, 6.45) is 3.51. The van der Waals surface area contributed by atoms with E-state index in [1.54, 1.807) is 0 Å². The monoisotopic (exact) mass is 224 g/mol. The zero-order chi connectivity index (χ0) is 10.8. The highest BCUT2D eigenvalue weighted by Crippen LogP contribution is 2.33. The molecule has 1 aliphatic rings. The van der Waals surface area contributed by atoms with E-state index in [1.165, 1.54) is 24.1 Å². The van der Waals surface area contributed by atoms with Gasteiger partial charge in [0.2, 0.25) is 0 Å². The molecule has 1 aromatic rings. The van der Waals surface area contributed by atoms with E-state index in [0.29, 0.717) is 6.54 Å². The van der Waals surface area contributed by atoms with E-state index in [-0.39, 0.29) is 0 Å². The van der Waals surface area contributed by atoms with Crippen LogP contribution >= 0.6 is 11.6 Å². The Hall–Kier alpha value is -0.730. The lowest BCUT2D eigenvalue weighted by Crippen LogP contribution is -2.21. The predicted octanol–water partition coefficient (Wildman–Crippen LogP) is 2.44. The first-order valence-corrected chi connectivity index (χ1v) is 5.81. The second kappa shape index (κ2) is 4.42. The van der Waals surface area contributed by atoms with Gasteiger partial charge in [-0.2, -0.15) is 0 Å². The maximum absolute atomic E-state index is 5.99. The quantitative estimate of drug-likeness (QED) is 0.852. The second-order valence-electron chi connectivity index (χ2n) is 4.15. The number of hydrogen-bond donors (Lipinski definition) is 1. The number of rotatable bonds is 4. The highest BCUT2D eigenvalue weighted by molar-refractivity contribution is 6.30. The average molecular weight is 225 g/mol. The van der Waals surface area contributed by atoms with Crippen molar-refractivity contribution < 1.29 is 0 Å². The van der Waals surface area contributed by atoms with Gasteiger partial charge in [0.05, 0.1) is 0 Å². The Morgan fingerprint density at radius 3 is 2.80 bits per heavy atom. The third-order valence-corrected chi connectivity index (χ3v) is 3.16. The summed E-state index contributed by atoms with van der Waals surface area (Å²) in [5.41, 5.74) is 8.16. The fourth-order valence-electron chi connectivity index (χ4n) is 1.91. The highest BCUT2D eigenvalue weighted by atomic mass is 35.5. The molecule has 3 heteroatoms. The van der Waals surface area contributed by atoms with Gasteiger partial charge in [0.25, 0.3) is 0 Å². The van der Waals surface area contributed by atoms with Crippen LogP contribution in [0.15, 0.2) is 18.2 Å². The van der Waals surface area contributed by atoms with Gasteiger partial charge in [-0.1, -0.05) is 11.6 Å². The SMILES string of the molecule is CN(c1ccc(Cl)cc1CCN)C1CC1. The van der Waals surface area contributed by atoms with Crippen molar-refractivity contribution in [2.75, 3.05) is 18.5 Å². The van der Waals surface area contributed by atoms with E-state index in [0.717, 1.165) is 17.5 Å². The van der Waals surface area contributed by atoms with Gasteiger partial charge in [0, 0.05) is 23.8 Å². The van der Waals surface area contributed by atoms with Crippen LogP contribution in [0, 0.1) is 0 Å². The van der Waals surface area contributed by atoms with Crippen LogP contribution in [0.25, 0.3) is 0 Å². The molecule has 0 unspecified atom stereocenters. The Bertz CT molecular complexity index is 347. The molecule has 0 bridgehead atoms. The molecule has 0 amide bonds. The molecule has 0 radical (unpaired) electrons. The van der Waals surface area contributed by atoms with Crippen molar-refractivity contribution in [1.82, 2.24) is 0 Å². The fourth-order valence-corrected chi connectivity index (χ4v) is 2.11. The molecule has 0 atom stereocenters. The van der Waals surface area contributed by atoms with Gasteiger partial charge < -0.3 is 10.6 Å². The Morgan fingerprint density at radius 1 is 1.47 bits per heavy atom. The molecule has 2 rings (SSSR count). The Balaban J connectivity index is 2.27. The fraction of sp³-hybridized carbons (Fsp3) is 0.500. The van der Waals surface area contributed by atoms with Gasteiger partial charge in [-0.05, 0) is 49.6 Å². The number of nitrogens with two attached hydrogens (primary N) is 1. The van der Waals surface area contributed by atoms with Crippen LogP contribution in [0.2, 0.25) is 5.02 Å². The lowest BCUT2D eigenvalue weighted by molar-refractivity contribution is 0.888. The van der Waals surface area contributed by atoms with Crippen molar-refractivity contribution in [2.24, 2.45) is 5.73 Å². The topological polar surface area (TPSA) is 29.3 Å². The van der Waals surface area contributed by atoms with Crippen molar-refractivity contribution in [3.05, 3.63) is 28.8 Å². The first-order chi connectivity index (χ1) is 7.22. The van der Waals surface area contributed by atoms with E-state index in [2.05, 4.69) is 18.0 Å². The molecule has 0 aromatic heterocycles. The first-order valence-electron chi connectivity index (χ1n) is 5.43. The van der Waals surface area contributed by atoms with Gasteiger partial charge >= 0.3 is 0 Å². The zero-order valence-corrected chi connectivity index (χ0v) is 9.80. The second-order valence-corrected chi connectivity index (χ2v) is 4.59. The Labute approximate surface area is 96.0 Å². The molecule has 1 aromatic carbocycles. The summed E-state index contributed by atoms with van der Waals surface area (Å²) < 4.78 is 0. The summed E-state index contributed by atoms with van der Waals surface area (Å²) in [6, 6.07) is 6.81. The third-order valence-electron chi connectivity index (χ3n) is 2.93.